The number of aromatic hydroxyl groups is 1. The van der Waals surface area contributed by atoms with E-state index in [0.717, 1.165) is 56.9 Å². The zero-order valence-corrected chi connectivity index (χ0v) is 21.9. The van der Waals surface area contributed by atoms with Crippen molar-refractivity contribution < 1.29 is 14.2 Å². The Morgan fingerprint density at radius 3 is 2.78 bits per heavy atom. The van der Waals surface area contributed by atoms with Gasteiger partial charge in [0, 0.05) is 48.7 Å². The first-order valence-electron chi connectivity index (χ1n) is 12.3. The summed E-state index contributed by atoms with van der Waals surface area (Å²) in [6.45, 7) is 4.60. The van der Waals surface area contributed by atoms with E-state index in [0.29, 0.717) is 50.7 Å². The van der Waals surface area contributed by atoms with Gasteiger partial charge >= 0.3 is 6.01 Å². The second kappa shape index (κ2) is 9.71. The fourth-order valence-corrected chi connectivity index (χ4v) is 6.24. The number of phenolic OH excluding ortho intramolecular Hbond substituents is 1. The van der Waals surface area contributed by atoms with Crippen molar-refractivity contribution in [2.75, 3.05) is 57.0 Å². The van der Waals surface area contributed by atoms with Gasteiger partial charge in [0.15, 0.2) is 10.9 Å². The van der Waals surface area contributed by atoms with Gasteiger partial charge in [-0.15, -0.1) is 0 Å². The molecule has 0 aliphatic carbocycles. The summed E-state index contributed by atoms with van der Waals surface area (Å²) in [5, 5.41) is 16.1. The van der Waals surface area contributed by atoms with E-state index in [1.54, 1.807) is 12.1 Å². The summed E-state index contributed by atoms with van der Waals surface area (Å²) in [6.07, 6.45) is 2.18. The van der Waals surface area contributed by atoms with Gasteiger partial charge < -0.3 is 30.7 Å². The molecule has 0 unspecified atom stereocenters. The maximum absolute atomic E-state index is 14.5. The van der Waals surface area contributed by atoms with Gasteiger partial charge in [0.1, 0.15) is 23.8 Å². The van der Waals surface area contributed by atoms with E-state index >= 15 is 0 Å². The number of rotatable bonds is 5. The standard InChI is InChI=1S/C25H27ClFN7O2S/c1-33-8-2-3-13(33)12-36-25-31-19-15(23(32-25)34-9-6-29-7-10-34)11-16(26)18(21(19)35)14-4-5-17(27)22-20(14)30-24(28)37-22/h4-5,11,13,29,35H,2-3,6-10,12H2,1H3,(H2,28,30)/t13-/m0/s1. The van der Waals surface area contributed by atoms with Crippen molar-refractivity contribution in [2.24, 2.45) is 0 Å². The van der Waals surface area contributed by atoms with Crippen molar-refractivity contribution in [2.45, 2.75) is 18.9 Å². The number of hydrogen-bond donors (Lipinski definition) is 3. The Hall–Kier alpha value is -2.99. The van der Waals surface area contributed by atoms with Crippen LogP contribution in [0.25, 0.3) is 32.2 Å². The van der Waals surface area contributed by atoms with Crippen LogP contribution in [0, 0.1) is 5.82 Å². The highest BCUT2D eigenvalue weighted by atomic mass is 35.5. The minimum absolute atomic E-state index is 0.136. The summed E-state index contributed by atoms with van der Waals surface area (Å²) in [5.74, 6) is 0.0935. The number of nitrogen functional groups attached to an aromatic ring is 1. The molecular weight excluding hydrogens is 517 g/mol. The number of benzene rings is 2. The van der Waals surface area contributed by atoms with E-state index in [2.05, 4.69) is 32.1 Å². The number of anilines is 2. The number of likely N-dealkylation sites (N-methyl/N-ethyl adjacent to an activating group) is 1. The Labute approximate surface area is 222 Å². The summed E-state index contributed by atoms with van der Waals surface area (Å²) in [6, 6.07) is 5.12. The third-order valence-electron chi connectivity index (χ3n) is 7.15. The van der Waals surface area contributed by atoms with Crippen LogP contribution in [0.1, 0.15) is 12.8 Å². The molecule has 4 N–H and O–H groups in total. The lowest BCUT2D eigenvalue weighted by molar-refractivity contribution is 0.188. The van der Waals surface area contributed by atoms with Crippen molar-refractivity contribution in [1.29, 1.82) is 0 Å². The lowest BCUT2D eigenvalue weighted by atomic mass is 10.0. The van der Waals surface area contributed by atoms with E-state index in [1.807, 2.05) is 0 Å². The third kappa shape index (κ3) is 4.39. The Bertz CT molecular complexity index is 1490. The number of aromatic nitrogens is 3. The van der Waals surface area contributed by atoms with Crippen LogP contribution in [0.5, 0.6) is 11.8 Å². The van der Waals surface area contributed by atoms with Crippen molar-refractivity contribution in [3.05, 3.63) is 29.0 Å². The minimum Gasteiger partial charge on any atom is -0.505 e. The first-order valence-corrected chi connectivity index (χ1v) is 13.5. The van der Waals surface area contributed by atoms with Crippen LogP contribution in [0.3, 0.4) is 0 Å². The molecule has 194 valence electrons. The van der Waals surface area contributed by atoms with E-state index in [-0.39, 0.29) is 21.9 Å². The molecule has 0 radical (unpaired) electrons. The van der Waals surface area contributed by atoms with Gasteiger partial charge in [0.05, 0.1) is 15.2 Å². The first-order chi connectivity index (χ1) is 17.9. The number of piperazine rings is 1. The summed E-state index contributed by atoms with van der Waals surface area (Å²) < 4.78 is 20.9. The molecular formula is C25H27ClFN7O2S. The highest BCUT2D eigenvalue weighted by Crippen LogP contribution is 2.46. The van der Waals surface area contributed by atoms with E-state index in [1.165, 1.54) is 6.07 Å². The van der Waals surface area contributed by atoms with Crippen molar-refractivity contribution in [3.8, 4) is 22.9 Å². The topological polar surface area (TPSA) is 113 Å². The predicted molar refractivity (Wildman–Crippen MR) is 145 cm³/mol. The molecule has 0 spiro atoms. The van der Waals surface area contributed by atoms with Gasteiger partial charge in [-0.2, -0.15) is 9.97 Å². The number of fused-ring (bicyclic) bond motifs is 2. The van der Waals surface area contributed by atoms with Crippen LogP contribution in [0.2, 0.25) is 5.02 Å². The number of thiazole rings is 1. The highest BCUT2D eigenvalue weighted by molar-refractivity contribution is 7.22. The third-order valence-corrected chi connectivity index (χ3v) is 8.34. The quantitative estimate of drug-likeness (QED) is 0.345. The summed E-state index contributed by atoms with van der Waals surface area (Å²) >= 11 is 7.82. The molecule has 37 heavy (non-hydrogen) atoms. The molecule has 2 aliphatic heterocycles. The van der Waals surface area contributed by atoms with Gasteiger partial charge in [-0.25, -0.2) is 9.37 Å². The maximum atomic E-state index is 14.5. The van der Waals surface area contributed by atoms with Gasteiger partial charge in [0.2, 0.25) is 0 Å². The number of phenols is 1. The molecule has 2 fully saturated rings. The summed E-state index contributed by atoms with van der Waals surface area (Å²) in [4.78, 5) is 18.1. The molecule has 2 saturated heterocycles. The second-order valence-electron chi connectivity index (χ2n) is 9.46. The summed E-state index contributed by atoms with van der Waals surface area (Å²) in [5.41, 5.74) is 7.34. The molecule has 2 aromatic heterocycles. The second-order valence-corrected chi connectivity index (χ2v) is 10.9. The zero-order valence-electron chi connectivity index (χ0n) is 20.3. The average molecular weight is 544 g/mol. The van der Waals surface area contributed by atoms with Crippen LogP contribution in [-0.4, -0.2) is 77.4 Å². The Balaban J connectivity index is 1.51. The molecule has 4 heterocycles. The van der Waals surface area contributed by atoms with Crippen molar-refractivity contribution in [1.82, 2.24) is 25.2 Å². The monoisotopic (exact) mass is 543 g/mol. The van der Waals surface area contributed by atoms with Crippen LogP contribution >= 0.6 is 22.9 Å². The molecule has 12 heteroatoms. The van der Waals surface area contributed by atoms with Crippen LogP contribution < -0.4 is 20.7 Å². The number of nitrogens with one attached hydrogen (secondary N) is 1. The molecule has 0 bridgehead atoms. The molecule has 0 saturated carbocycles. The van der Waals surface area contributed by atoms with E-state index in [9.17, 15) is 9.50 Å². The maximum Gasteiger partial charge on any atom is 0.319 e. The number of halogens is 2. The van der Waals surface area contributed by atoms with Gasteiger partial charge in [-0.05, 0) is 44.6 Å². The van der Waals surface area contributed by atoms with Crippen molar-refractivity contribution in [3.63, 3.8) is 0 Å². The number of nitrogens with two attached hydrogens (primary N) is 1. The number of likely N-dealkylation sites (tertiary alicyclic amines) is 1. The molecule has 1 atom stereocenters. The molecule has 4 aromatic rings. The number of ether oxygens (including phenoxy) is 1. The smallest absolute Gasteiger partial charge is 0.319 e. The van der Waals surface area contributed by atoms with Gasteiger partial charge in [0.25, 0.3) is 0 Å². The molecule has 2 aromatic carbocycles. The lowest BCUT2D eigenvalue weighted by Crippen LogP contribution is -2.44. The van der Waals surface area contributed by atoms with Crippen molar-refractivity contribution >= 4 is 55.0 Å². The zero-order chi connectivity index (χ0) is 25.7. The molecule has 0 amide bonds. The predicted octanol–water partition coefficient (Wildman–Crippen LogP) is 3.87. The Morgan fingerprint density at radius 2 is 2.03 bits per heavy atom. The molecule has 2 aliphatic rings. The van der Waals surface area contributed by atoms with Crippen LogP contribution in [0.15, 0.2) is 18.2 Å². The fraction of sp³-hybridized carbons (Fsp3) is 0.400. The lowest BCUT2D eigenvalue weighted by Gasteiger charge is -2.29. The SMILES string of the molecule is CN1CCC[C@H]1COc1nc(N2CCNCC2)c2cc(Cl)c(-c3ccc(F)c4sc(N)nc34)c(O)c2n1. The van der Waals surface area contributed by atoms with E-state index in [4.69, 9.17) is 27.1 Å². The van der Waals surface area contributed by atoms with Gasteiger partial charge in [-0.1, -0.05) is 22.9 Å². The number of hydrogen-bond acceptors (Lipinski definition) is 10. The first kappa shape index (κ1) is 24.4. The minimum atomic E-state index is -0.430. The van der Waals surface area contributed by atoms with Crippen LogP contribution in [-0.2, 0) is 0 Å². The normalized spacial score (nSPS) is 18.8. The van der Waals surface area contributed by atoms with Crippen LogP contribution in [0.4, 0.5) is 15.3 Å². The fourth-order valence-electron chi connectivity index (χ4n) is 5.17. The Kier molecular flexibility index (Phi) is 6.39. The Morgan fingerprint density at radius 1 is 1.22 bits per heavy atom. The molecule has 9 nitrogen and oxygen atoms in total. The van der Waals surface area contributed by atoms with E-state index < -0.39 is 5.82 Å². The molecule has 6 rings (SSSR count). The van der Waals surface area contributed by atoms with Gasteiger partial charge in [-0.3, -0.25) is 0 Å². The number of nitrogens with zero attached hydrogens (tertiary/aromatic N) is 5. The average Bonchev–Trinajstić information content (AvgIpc) is 3.49. The summed E-state index contributed by atoms with van der Waals surface area (Å²) in [7, 11) is 2.09. The highest BCUT2D eigenvalue weighted by Gasteiger charge is 2.26. The largest absolute Gasteiger partial charge is 0.505 e.